The molecule has 0 amide bonds. The highest BCUT2D eigenvalue weighted by Crippen LogP contribution is 2.31. The van der Waals surface area contributed by atoms with Crippen LogP contribution in [0.15, 0.2) is 78.9 Å². The van der Waals surface area contributed by atoms with Crippen LogP contribution in [0, 0.1) is 0 Å². The van der Waals surface area contributed by atoms with Crippen LogP contribution in [-0.2, 0) is 0 Å². The minimum absolute atomic E-state index is 0.0614. The molecule has 1 aliphatic heterocycles. The third-order valence-electron chi connectivity index (χ3n) is 5.65. The van der Waals surface area contributed by atoms with Crippen LogP contribution in [0.1, 0.15) is 31.1 Å². The number of rotatable bonds is 7. The molecule has 1 fully saturated rings. The van der Waals surface area contributed by atoms with Gasteiger partial charge in [0, 0.05) is 26.2 Å². The molecule has 3 aromatic rings. The summed E-state index contributed by atoms with van der Waals surface area (Å²) < 4.78 is 11.2. The van der Waals surface area contributed by atoms with E-state index in [1.165, 1.54) is 12.1 Å². The molecular formula is C27H26N2O5. The van der Waals surface area contributed by atoms with E-state index in [2.05, 4.69) is 4.90 Å². The molecule has 0 atom stereocenters. The summed E-state index contributed by atoms with van der Waals surface area (Å²) in [6, 6.07) is 21.7. The lowest BCUT2D eigenvalue weighted by Crippen LogP contribution is -2.46. The normalized spacial score (nSPS) is 14.4. The zero-order valence-electron chi connectivity index (χ0n) is 19.0. The van der Waals surface area contributed by atoms with Crippen LogP contribution < -0.4 is 9.47 Å². The van der Waals surface area contributed by atoms with E-state index in [4.69, 9.17) is 9.47 Å². The summed E-state index contributed by atoms with van der Waals surface area (Å²) in [7, 11) is 2.04. The predicted octanol–water partition coefficient (Wildman–Crippen LogP) is 3.56. The van der Waals surface area contributed by atoms with Crippen LogP contribution in [-0.4, -0.2) is 67.3 Å². The monoisotopic (exact) mass is 458 g/mol. The third-order valence-corrected chi connectivity index (χ3v) is 5.65. The number of nitrogens with zero attached hydrogens (tertiary/aromatic N) is 2. The van der Waals surface area contributed by atoms with Gasteiger partial charge in [-0.1, -0.05) is 42.5 Å². The lowest BCUT2D eigenvalue weighted by atomic mass is 10.1. The fourth-order valence-corrected chi connectivity index (χ4v) is 3.71. The first-order chi connectivity index (χ1) is 16.5. The molecule has 0 N–H and O–H groups in total. The lowest BCUT2D eigenvalue weighted by molar-refractivity contribution is 0.0724. The second-order valence-corrected chi connectivity index (χ2v) is 8.14. The number of ether oxygens (including phenoxy) is 2. The number of Topliss-reactive ketones (excluding diaryl/α,β-unsaturated/α-hetero) is 1. The van der Waals surface area contributed by atoms with Gasteiger partial charge in [0.15, 0.2) is 5.78 Å². The van der Waals surface area contributed by atoms with E-state index in [0.29, 0.717) is 11.1 Å². The molecule has 4 rings (SSSR count). The van der Waals surface area contributed by atoms with Crippen LogP contribution >= 0.6 is 0 Å². The topological polar surface area (TPSA) is 76.2 Å². The van der Waals surface area contributed by atoms with Gasteiger partial charge in [-0.15, -0.1) is 0 Å². The molecule has 0 unspecified atom stereocenters. The Morgan fingerprint density at radius 1 is 0.676 bits per heavy atom. The number of carbonyl (C=O) groups excluding carboxylic acids is 3. The average Bonchev–Trinajstić information content (AvgIpc) is 2.86. The molecule has 1 heterocycles. The maximum absolute atomic E-state index is 13.4. The first-order valence-corrected chi connectivity index (χ1v) is 11.1. The molecule has 174 valence electrons. The molecule has 34 heavy (non-hydrogen) atoms. The molecule has 0 aliphatic carbocycles. The zero-order valence-corrected chi connectivity index (χ0v) is 19.0. The van der Waals surface area contributed by atoms with Crippen LogP contribution in [0.2, 0.25) is 0 Å². The Labute approximate surface area is 198 Å². The SMILES string of the molecule is CN1CCN(CC(=O)c2c(OC(=O)c3ccccc3)cccc2OC(=O)c2ccccc2)CC1. The van der Waals surface area contributed by atoms with Gasteiger partial charge in [-0.2, -0.15) is 0 Å². The van der Waals surface area contributed by atoms with Gasteiger partial charge >= 0.3 is 11.9 Å². The van der Waals surface area contributed by atoms with Gasteiger partial charge in [-0.25, -0.2) is 9.59 Å². The van der Waals surface area contributed by atoms with Crippen molar-refractivity contribution in [1.29, 1.82) is 0 Å². The number of likely N-dealkylation sites (N-methyl/N-ethyl adjacent to an activating group) is 1. The molecule has 1 aliphatic rings. The first kappa shape index (κ1) is 23.4. The molecule has 3 aromatic carbocycles. The zero-order chi connectivity index (χ0) is 23.9. The lowest BCUT2D eigenvalue weighted by Gasteiger charge is -2.31. The Morgan fingerprint density at radius 3 is 1.62 bits per heavy atom. The van der Waals surface area contributed by atoms with Crippen LogP contribution in [0.25, 0.3) is 0 Å². The van der Waals surface area contributed by atoms with Crippen molar-refractivity contribution >= 4 is 17.7 Å². The standard InChI is InChI=1S/C27H26N2O5/c1-28-15-17-29(18-16-28)19-22(30)25-23(33-26(31)20-9-4-2-5-10-20)13-8-14-24(25)34-27(32)21-11-6-3-7-12-21/h2-14H,15-19H2,1H3. The molecule has 7 heteroatoms. The van der Waals surface area contributed by atoms with Gasteiger partial charge in [-0.05, 0) is 43.4 Å². The average molecular weight is 459 g/mol. The number of carbonyl (C=O) groups is 3. The highest BCUT2D eigenvalue weighted by Gasteiger charge is 2.26. The summed E-state index contributed by atoms with van der Waals surface area (Å²) >= 11 is 0. The molecule has 0 spiro atoms. The summed E-state index contributed by atoms with van der Waals surface area (Å²) in [5, 5.41) is 0. The first-order valence-electron chi connectivity index (χ1n) is 11.1. The summed E-state index contributed by atoms with van der Waals surface area (Å²) in [5.41, 5.74) is 0.785. The number of ketones is 1. The maximum atomic E-state index is 13.4. The Hall–Kier alpha value is -3.81. The molecule has 1 saturated heterocycles. The smallest absolute Gasteiger partial charge is 0.343 e. The second kappa shape index (κ2) is 10.9. The Morgan fingerprint density at radius 2 is 1.15 bits per heavy atom. The predicted molar refractivity (Wildman–Crippen MR) is 128 cm³/mol. The fraction of sp³-hybridized carbons (Fsp3) is 0.222. The quantitative estimate of drug-likeness (QED) is 0.304. The van der Waals surface area contributed by atoms with Gasteiger partial charge in [-0.3, -0.25) is 9.69 Å². The molecule has 0 radical (unpaired) electrons. The molecule has 7 nitrogen and oxygen atoms in total. The van der Waals surface area contributed by atoms with E-state index < -0.39 is 11.9 Å². The number of hydrogen-bond donors (Lipinski definition) is 0. The van der Waals surface area contributed by atoms with Gasteiger partial charge in [0.05, 0.1) is 17.7 Å². The number of esters is 2. The van der Waals surface area contributed by atoms with Crippen LogP contribution in [0.5, 0.6) is 11.5 Å². The number of benzene rings is 3. The van der Waals surface area contributed by atoms with Gasteiger partial charge < -0.3 is 14.4 Å². The summed E-state index contributed by atoms with van der Waals surface area (Å²) in [4.78, 5) is 43.1. The van der Waals surface area contributed by atoms with Crippen molar-refractivity contribution in [2.24, 2.45) is 0 Å². The van der Waals surface area contributed by atoms with Crippen LogP contribution in [0.4, 0.5) is 0 Å². The minimum atomic E-state index is -0.596. The maximum Gasteiger partial charge on any atom is 0.343 e. The summed E-state index contributed by atoms with van der Waals surface area (Å²) in [6.07, 6.45) is 0. The Balaban J connectivity index is 1.63. The largest absolute Gasteiger partial charge is 0.422 e. The van der Waals surface area contributed by atoms with E-state index >= 15 is 0 Å². The highest BCUT2D eigenvalue weighted by atomic mass is 16.5. The number of hydrogen-bond acceptors (Lipinski definition) is 7. The highest BCUT2D eigenvalue weighted by molar-refractivity contribution is 6.05. The van der Waals surface area contributed by atoms with E-state index in [0.717, 1.165) is 26.2 Å². The third kappa shape index (κ3) is 5.75. The van der Waals surface area contributed by atoms with Gasteiger partial charge in [0.1, 0.15) is 17.1 Å². The second-order valence-electron chi connectivity index (χ2n) is 8.14. The van der Waals surface area contributed by atoms with E-state index in [-0.39, 0.29) is 29.4 Å². The molecule has 0 aromatic heterocycles. The summed E-state index contributed by atoms with van der Waals surface area (Å²) in [5.74, 6) is -1.35. The van der Waals surface area contributed by atoms with Crippen molar-refractivity contribution in [1.82, 2.24) is 9.80 Å². The van der Waals surface area contributed by atoms with Gasteiger partial charge in [0.2, 0.25) is 0 Å². The van der Waals surface area contributed by atoms with Crippen molar-refractivity contribution in [2.45, 2.75) is 0 Å². The van der Waals surface area contributed by atoms with Crippen molar-refractivity contribution in [3.05, 3.63) is 95.6 Å². The van der Waals surface area contributed by atoms with E-state index in [1.807, 2.05) is 11.9 Å². The minimum Gasteiger partial charge on any atom is -0.422 e. The van der Waals surface area contributed by atoms with Crippen molar-refractivity contribution in [3.63, 3.8) is 0 Å². The number of piperazine rings is 1. The molecule has 0 saturated carbocycles. The van der Waals surface area contributed by atoms with E-state index in [9.17, 15) is 14.4 Å². The fourth-order valence-electron chi connectivity index (χ4n) is 3.71. The Bertz CT molecular complexity index is 1080. The van der Waals surface area contributed by atoms with E-state index in [1.54, 1.807) is 66.7 Å². The van der Waals surface area contributed by atoms with Crippen LogP contribution in [0.3, 0.4) is 0 Å². The Kier molecular flexibility index (Phi) is 7.47. The van der Waals surface area contributed by atoms with Crippen molar-refractivity contribution in [2.75, 3.05) is 39.8 Å². The summed E-state index contributed by atoms with van der Waals surface area (Å²) in [6.45, 7) is 3.33. The molecule has 0 bridgehead atoms. The van der Waals surface area contributed by atoms with Crippen molar-refractivity contribution in [3.8, 4) is 11.5 Å². The van der Waals surface area contributed by atoms with Crippen molar-refractivity contribution < 1.29 is 23.9 Å². The molecular weight excluding hydrogens is 432 g/mol. The van der Waals surface area contributed by atoms with Gasteiger partial charge in [0.25, 0.3) is 0 Å².